The highest BCUT2D eigenvalue weighted by molar-refractivity contribution is 5.68. The quantitative estimate of drug-likeness (QED) is 0.247. The molecule has 0 radical (unpaired) electrons. The van der Waals surface area contributed by atoms with Crippen LogP contribution in [0.4, 0.5) is 4.79 Å². The molecule has 1 aliphatic rings. The van der Waals surface area contributed by atoms with E-state index < -0.39 is 17.6 Å². The molecule has 0 aliphatic heterocycles. The highest BCUT2D eigenvalue weighted by Gasteiger charge is 2.47. The molecule has 5 rings (SSSR count). The van der Waals surface area contributed by atoms with E-state index in [1.807, 2.05) is 97.9 Å². The van der Waals surface area contributed by atoms with Gasteiger partial charge in [0.25, 0.3) is 0 Å². The van der Waals surface area contributed by atoms with Gasteiger partial charge >= 0.3 is 11.7 Å². The Bertz CT molecular complexity index is 1440. The third-order valence-electron chi connectivity index (χ3n) is 7.46. The van der Waals surface area contributed by atoms with Gasteiger partial charge in [0.05, 0.1) is 5.56 Å². The summed E-state index contributed by atoms with van der Waals surface area (Å²) in [5.41, 5.74) is 2.62. The zero-order valence-corrected chi connectivity index (χ0v) is 22.0. The molecule has 6 heteroatoms. The van der Waals surface area contributed by atoms with Crippen LogP contribution in [0, 0.1) is 5.92 Å². The Hall–Kier alpha value is -4.32. The van der Waals surface area contributed by atoms with Gasteiger partial charge in [0.1, 0.15) is 18.1 Å². The normalized spacial score (nSPS) is 17.7. The van der Waals surface area contributed by atoms with E-state index in [0.29, 0.717) is 18.6 Å². The van der Waals surface area contributed by atoms with Gasteiger partial charge in [-0.2, -0.15) is 0 Å². The van der Waals surface area contributed by atoms with E-state index in [2.05, 4.69) is 5.32 Å². The second-order valence-corrected chi connectivity index (χ2v) is 10.1. The van der Waals surface area contributed by atoms with E-state index in [9.17, 15) is 14.7 Å². The van der Waals surface area contributed by atoms with Crippen molar-refractivity contribution in [1.29, 1.82) is 0 Å². The summed E-state index contributed by atoms with van der Waals surface area (Å²) in [5.74, 6) is -0.133. The number of ether oxygens (including phenoxy) is 1. The molecule has 1 aliphatic carbocycles. The van der Waals surface area contributed by atoms with Crippen LogP contribution in [0.5, 0.6) is 5.75 Å². The first kappa shape index (κ1) is 26.3. The molecule has 4 aromatic rings. The third-order valence-corrected chi connectivity index (χ3v) is 7.46. The number of benzene rings is 3. The third kappa shape index (κ3) is 6.40. The van der Waals surface area contributed by atoms with Crippen molar-refractivity contribution in [1.82, 2.24) is 5.32 Å². The van der Waals surface area contributed by atoms with Gasteiger partial charge in [-0.3, -0.25) is 0 Å². The maximum atomic E-state index is 13.4. The van der Waals surface area contributed by atoms with E-state index in [0.717, 1.165) is 23.1 Å². The van der Waals surface area contributed by atoms with E-state index in [1.54, 1.807) is 6.07 Å². The number of hydrogen-bond donors (Lipinski definition) is 2. The van der Waals surface area contributed by atoms with Gasteiger partial charge < -0.3 is 19.6 Å². The standard InChI is InChI=1S/C33H33NO5/c1-2-24(18-22-12-6-3-7-13-22)29-20-28(35)31(32(36)39-29)30(25-16-10-5-11-17-25)26-19-27(26)34-33(37)38-21-23-14-8-4-9-15-23/h3-17,20,24,26-27,30,35H,2,18-19,21H2,1H3,(H,34,37). The molecule has 1 saturated carbocycles. The molecule has 200 valence electrons. The van der Waals surface area contributed by atoms with E-state index in [-0.39, 0.29) is 35.8 Å². The van der Waals surface area contributed by atoms with Gasteiger partial charge in [-0.25, -0.2) is 9.59 Å². The molecule has 0 bridgehead atoms. The number of nitrogens with one attached hydrogen (secondary N) is 1. The molecule has 4 atom stereocenters. The van der Waals surface area contributed by atoms with Crippen LogP contribution in [0.1, 0.15) is 59.6 Å². The van der Waals surface area contributed by atoms with Crippen LogP contribution in [0.15, 0.2) is 106 Å². The molecule has 1 fully saturated rings. The summed E-state index contributed by atoms with van der Waals surface area (Å²) in [4.78, 5) is 25.9. The molecule has 0 saturated heterocycles. The Balaban J connectivity index is 1.35. The van der Waals surface area contributed by atoms with Crippen molar-refractivity contribution in [2.75, 3.05) is 0 Å². The predicted molar refractivity (Wildman–Crippen MR) is 150 cm³/mol. The Morgan fingerprint density at radius 3 is 2.21 bits per heavy atom. The minimum Gasteiger partial charge on any atom is -0.507 e. The number of carbonyl (C=O) groups is 1. The molecule has 6 nitrogen and oxygen atoms in total. The average molecular weight is 524 g/mol. The molecular weight excluding hydrogens is 490 g/mol. The summed E-state index contributed by atoms with van der Waals surface area (Å²) in [7, 11) is 0. The Labute approximate surface area is 228 Å². The number of alkyl carbamates (subject to hydrolysis) is 1. The fourth-order valence-electron chi connectivity index (χ4n) is 5.29. The summed E-state index contributed by atoms with van der Waals surface area (Å²) < 4.78 is 11.3. The summed E-state index contributed by atoms with van der Waals surface area (Å²) in [6, 6.07) is 30.5. The van der Waals surface area contributed by atoms with Crippen LogP contribution in [0.3, 0.4) is 0 Å². The van der Waals surface area contributed by atoms with Gasteiger partial charge in [0.15, 0.2) is 0 Å². The number of rotatable bonds is 10. The molecular formula is C33H33NO5. The largest absolute Gasteiger partial charge is 0.507 e. The lowest BCUT2D eigenvalue weighted by Gasteiger charge is -2.20. The monoisotopic (exact) mass is 523 g/mol. The van der Waals surface area contributed by atoms with Crippen LogP contribution in [-0.4, -0.2) is 17.2 Å². The number of hydrogen-bond acceptors (Lipinski definition) is 5. The smallest absolute Gasteiger partial charge is 0.407 e. The van der Waals surface area contributed by atoms with Crippen molar-refractivity contribution >= 4 is 6.09 Å². The van der Waals surface area contributed by atoms with Gasteiger partial charge in [-0.15, -0.1) is 0 Å². The fourth-order valence-corrected chi connectivity index (χ4v) is 5.29. The maximum Gasteiger partial charge on any atom is 0.407 e. The lowest BCUT2D eigenvalue weighted by molar-refractivity contribution is 0.138. The molecule has 1 aromatic heterocycles. The molecule has 4 unspecified atom stereocenters. The van der Waals surface area contributed by atoms with Crippen LogP contribution in [-0.2, 0) is 17.8 Å². The molecule has 0 spiro atoms. The lowest BCUT2D eigenvalue weighted by Crippen LogP contribution is -2.29. The van der Waals surface area contributed by atoms with Crippen molar-refractivity contribution in [3.63, 3.8) is 0 Å². The lowest BCUT2D eigenvalue weighted by atomic mass is 9.86. The highest BCUT2D eigenvalue weighted by Crippen LogP contribution is 2.48. The number of aromatic hydroxyl groups is 1. The van der Waals surface area contributed by atoms with E-state index in [4.69, 9.17) is 9.15 Å². The first-order valence-corrected chi connectivity index (χ1v) is 13.5. The Morgan fingerprint density at radius 2 is 1.59 bits per heavy atom. The summed E-state index contributed by atoms with van der Waals surface area (Å²) in [6.45, 7) is 2.22. The van der Waals surface area contributed by atoms with Gasteiger partial charge in [0.2, 0.25) is 0 Å². The maximum absolute atomic E-state index is 13.4. The second kappa shape index (κ2) is 12.0. The van der Waals surface area contributed by atoms with Crippen molar-refractivity contribution in [3.8, 4) is 5.75 Å². The molecule has 3 aromatic carbocycles. The zero-order valence-electron chi connectivity index (χ0n) is 22.0. The van der Waals surface area contributed by atoms with Gasteiger partial charge in [-0.05, 0) is 41.9 Å². The first-order chi connectivity index (χ1) is 19.0. The summed E-state index contributed by atoms with van der Waals surface area (Å²) >= 11 is 0. The molecule has 2 N–H and O–H groups in total. The SMILES string of the molecule is CCC(Cc1ccccc1)c1cc(O)c(C(c2ccccc2)C2CC2NC(=O)OCc2ccccc2)c(=O)o1. The van der Waals surface area contributed by atoms with Crippen LogP contribution >= 0.6 is 0 Å². The average Bonchev–Trinajstić information content (AvgIpc) is 3.72. The molecule has 1 heterocycles. The molecule has 1 amide bonds. The van der Waals surface area contributed by atoms with Crippen molar-refractivity contribution < 1.29 is 19.1 Å². The van der Waals surface area contributed by atoms with Crippen LogP contribution < -0.4 is 10.9 Å². The van der Waals surface area contributed by atoms with Gasteiger partial charge in [-0.1, -0.05) is 97.9 Å². The highest BCUT2D eigenvalue weighted by atomic mass is 16.5. The zero-order chi connectivity index (χ0) is 27.2. The van der Waals surface area contributed by atoms with E-state index >= 15 is 0 Å². The topological polar surface area (TPSA) is 88.8 Å². The molecule has 39 heavy (non-hydrogen) atoms. The first-order valence-electron chi connectivity index (χ1n) is 13.5. The predicted octanol–water partition coefficient (Wildman–Crippen LogP) is 6.53. The second-order valence-electron chi connectivity index (χ2n) is 10.1. The summed E-state index contributed by atoms with van der Waals surface area (Å²) in [6.07, 6.45) is 1.63. The fraction of sp³-hybridized carbons (Fsp3) is 0.273. The van der Waals surface area contributed by atoms with Crippen LogP contribution in [0.2, 0.25) is 0 Å². The van der Waals surface area contributed by atoms with Crippen molar-refractivity contribution in [2.45, 2.75) is 50.7 Å². The van der Waals surface area contributed by atoms with Crippen LogP contribution in [0.25, 0.3) is 0 Å². The van der Waals surface area contributed by atoms with E-state index in [1.165, 1.54) is 0 Å². The number of carbonyl (C=O) groups excluding carboxylic acids is 1. The van der Waals surface area contributed by atoms with Crippen molar-refractivity contribution in [3.05, 3.63) is 135 Å². The minimum absolute atomic E-state index is 0.0371. The Morgan fingerprint density at radius 1 is 0.974 bits per heavy atom. The van der Waals surface area contributed by atoms with Crippen molar-refractivity contribution in [2.24, 2.45) is 5.92 Å². The minimum atomic E-state index is -0.539. The van der Waals surface area contributed by atoms with Gasteiger partial charge in [0, 0.05) is 23.9 Å². The Kier molecular flexibility index (Phi) is 8.11. The number of amides is 1. The summed E-state index contributed by atoms with van der Waals surface area (Å²) in [5, 5.41) is 14.1.